The minimum atomic E-state index is 0.0988. The Balaban J connectivity index is 3.02. The molecule has 0 bridgehead atoms. The molecule has 0 fully saturated rings. The van der Waals surface area contributed by atoms with Gasteiger partial charge in [-0.05, 0) is 11.6 Å². The van der Waals surface area contributed by atoms with E-state index in [0.717, 1.165) is 11.3 Å². The van der Waals surface area contributed by atoms with Crippen molar-refractivity contribution in [1.29, 1.82) is 0 Å². The fourth-order valence-corrected chi connectivity index (χ4v) is 1.23. The molecule has 62 valence electrons. The number of hydrogen-bond donors (Lipinski definition) is 2. The summed E-state index contributed by atoms with van der Waals surface area (Å²) in [7, 11) is 0. The zero-order valence-corrected chi connectivity index (χ0v) is 7.31. The third-order valence-corrected chi connectivity index (χ3v) is 1.75. The fourth-order valence-electron chi connectivity index (χ4n) is 1.23. The molecule has 2 heteroatoms. The first-order chi connectivity index (χ1) is 5.05. The van der Waals surface area contributed by atoms with Crippen LogP contribution >= 0.6 is 0 Å². The second-order valence-electron chi connectivity index (χ2n) is 3.79. The lowest BCUT2D eigenvalue weighted by molar-refractivity contribution is 0.278. The molecule has 1 aromatic rings. The molecule has 1 aromatic heterocycles. The first kappa shape index (κ1) is 8.34. The van der Waals surface area contributed by atoms with Crippen LogP contribution < -0.4 is 0 Å². The van der Waals surface area contributed by atoms with Crippen molar-refractivity contribution in [3.8, 4) is 0 Å². The number of aliphatic hydroxyl groups is 1. The molecule has 0 aliphatic rings. The summed E-state index contributed by atoms with van der Waals surface area (Å²) >= 11 is 0. The van der Waals surface area contributed by atoms with E-state index in [4.69, 9.17) is 5.11 Å². The summed E-state index contributed by atoms with van der Waals surface area (Å²) < 4.78 is 0. The molecule has 0 aromatic carbocycles. The van der Waals surface area contributed by atoms with Crippen LogP contribution in [0, 0.1) is 0 Å². The zero-order chi connectivity index (χ0) is 8.48. The monoisotopic (exact) mass is 153 g/mol. The van der Waals surface area contributed by atoms with Crippen LogP contribution in [-0.4, -0.2) is 10.1 Å². The lowest BCUT2D eigenvalue weighted by atomic mass is 9.90. The highest BCUT2D eigenvalue weighted by atomic mass is 16.3. The van der Waals surface area contributed by atoms with Crippen molar-refractivity contribution < 1.29 is 5.11 Å². The fraction of sp³-hybridized carbons (Fsp3) is 0.556. The Hall–Kier alpha value is -0.760. The molecule has 2 N–H and O–H groups in total. The van der Waals surface area contributed by atoms with Gasteiger partial charge in [0.15, 0.2) is 0 Å². The number of aromatic nitrogens is 1. The van der Waals surface area contributed by atoms with Crippen LogP contribution in [0.4, 0.5) is 0 Å². The van der Waals surface area contributed by atoms with E-state index in [0.29, 0.717) is 0 Å². The minimum Gasteiger partial charge on any atom is -0.392 e. The highest BCUT2D eigenvalue weighted by molar-refractivity contribution is 5.25. The van der Waals surface area contributed by atoms with Crippen molar-refractivity contribution in [3.63, 3.8) is 0 Å². The summed E-state index contributed by atoms with van der Waals surface area (Å²) in [5.74, 6) is 0. The number of hydrogen-bond acceptors (Lipinski definition) is 1. The SMILES string of the molecule is CC(C)(C)c1[nH]ccc1CO. The molecule has 0 saturated carbocycles. The number of nitrogens with one attached hydrogen (secondary N) is 1. The number of aliphatic hydroxyl groups excluding tert-OH is 1. The summed E-state index contributed by atoms with van der Waals surface area (Å²) in [5, 5.41) is 8.95. The van der Waals surface area contributed by atoms with Crippen LogP contribution in [0.2, 0.25) is 0 Å². The zero-order valence-electron chi connectivity index (χ0n) is 7.31. The Morgan fingerprint density at radius 1 is 1.45 bits per heavy atom. The van der Waals surface area contributed by atoms with Crippen LogP contribution in [0.3, 0.4) is 0 Å². The Labute approximate surface area is 67.3 Å². The predicted octanol–water partition coefficient (Wildman–Crippen LogP) is 1.80. The highest BCUT2D eigenvalue weighted by Crippen LogP contribution is 2.23. The molecule has 0 amide bonds. The van der Waals surface area contributed by atoms with E-state index in [1.54, 1.807) is 0 Å². The van der Waals surface area contributed by atoms with Gasteiger partial charge in [-0.25, -0.2) is 0 Å². The van der Waals surface area contributed by atoms with Gasteiger partial charge in [0.1, 0.15) is 0 Å². The molecule has 0 aliphatic heterocycles. The van der Waals surface area contributed by atoms with Crippen molar-refractivity contribution in [3.05, 3.63) is 23.5 Å². The Kier molecular flexibility index (Phi) is 2.05. The van der Waals surface area contributed by atoms with Crippen molar-refractivity contribution in [2.24, 2.45) is 0 Å². The minimum absolute atomic E-state index is 0.0988. The lowest BCUT2D eigenvalue weighted by Crippen LogP contribution is -2.13. The first-order valence-corrected chi connectivity index (χ1v) is 3.83. The molecule has 2 nitrogen and oxygen atoms in total. The molecule has 0 radical (unpaired) electrons. The van der Waals surface area contributed by atoms with Crippen LogP contribution in [0.5, 0.6) is 0 Å². The van der Waals surface area contributed by atoms with Crippen molar-refractivity contribution in [2.75, 3.05) is 0 Å². The van der Waals surface area contributed by atoms with Crippen molar-refractivity contribution in [2.45, 2.75) is 32.8 Å². The van der Waals surface area contributed by atoms with Crippen molar-refractivity contribution >= 4 is 0 Å². The average molecular weight is 153 g/mol. The van der Waals surface area contributed by atoms with Gasteiger partial charge in [0.25, 0.3) is 0 Å². The predicted molar refractivity (Wildman–Crippen MR) is 45.4 cm³/mol. The summed E-state index contributed by atoms with van der Waals surface area (Å²) in [5.41, 5.74) is 2.22. The number of aromatic amines is 1. The standard InChI is InChI=1S/C9H15NO/c1-9(2,3)8-7(6-11)4-5-10-8/h4-5,10-11H,6H2,1-3H3. The molecule has 11 heavy (non-hydrogen) atoms. The number of rotatable bonds is 1. The molecule has 0 atom stereocenters. The smallest absolute Gasteiger partial charge is 0.0699 e. The van der Waals surface area contributed by atoms with Crippen LogP contribution in [0.25, 0.3) is 0 Å². The topological polar surface area (TPSA) is 36.0 Å². The van der Waals surface area contributed by atoms with E-state index in [1.165, 1.54) is 0 Å². The maximum Gasteiger partial charge on any atom is 0.0699 e. The van der Waals surface area contributed by atoms with Gasteiger partial charge in [-0.2, -0.15) is 0 Å². The maximum atomic E-state index is 8.95. The summed E-state index contributed by atoms with van der Waals surface area (Å²) in [6.07, 6.45) is 1.87. The van der Waals surface area contributed by atoms with Gasteiger partial charge in [-0.1, -0.05) is 20.8 Å². The first-order valence-electron chi connectivity index (χ1n) is 3.83. The van der Waals surface area contributed by atoms with E-state index in [-0.39, 0.29) is 12.0 Å². The van der Waals surface area contributed by atoms with Gasteiger partial charge in [0, 0.05) is 17.3 Å². The molecular formula is C9H15NO. The van der Waals surface area contributed by atoms with E-state index in [1.807, 2.05) is 12.3 Å². The van der Waals surface area contributed by atoms with Crippen LogP contribution in [0.15, 0.2) is 12.3 Å². The largest absolute Gasteiger partial charge is 0.392 e. The van der Waals surface area contributed by atoms with E-state index < -0.39 is 0 Å². The van der Waals surface area contributed by atoms with Gasteiger partial charge in [-0.15, -0.1) is 0 Å². The molecular weight excluding hydrogens is 138 g/mol. The molecule has 1 rings (SSSR count). The van der Waals surface area contributed by atoms with Crippen LogP contribution in [-0.2, 0) is 12.0 Å². The molecule has 0 aliphatic carbocycles. The lowest BCUT2D eigenvalue weighted by Gasteiger charge is -2.18. The molecule has 0 saturated heterocycles. The highest BCUT2D eigenvalue weighted by Gasteiger charge is 2.17. The Bertz CT molecular complexity index is 232. The third kappa shape index (κ3) is 1.63. The van der Waals surface area contributed by atoms with E-state index in [2.05, 4.69) is 25.8 Å². The normalized spacial score (nSPS) is 12.0. The Morgan fingerprint density at radius 2 is 2.09 bits per heavy atom. The molecule has 1 heterocycles. The Morgan fingerprint density at radius 3 is 2.45 bits per heavy atom. The van der Waals surface area contributed by atoms with Crippen molar-refractivity contribution in [1.82, 2.24) is 4.98 Å². The average Bonchev–Trinajstić information content (AvgIpc) is 2.31. The van der Waals surface area contributed by atoms with E-state index in [9.17, 15) is 0 Å². The molecule has 0 spiro atoms. The van der Waals surface area contributed by atoms with Gasteiger partial charge >= 0.3 is 0 Å². The summed E-state index contributed by atoms with van der Waals surface area (Å²) in [6, 6.07) is 1.92. The second-order valence-corrected chi connectivity index (χ2v) is 3.79. The van der Waals surface area contributed by atoms with E-state index >= 15 is 0 Å². The van der Waals surface area contributed by atoms with Crippen LogP contribution in [0.1, 0.15) is 32.0 Å². The second kappa shape index (κ2) is 2.70. The van der Waals surface area contributed by atoms with Gasteiger partial charge < -0.3 is 10.1 Å². The summed E-state index contributed by atoms with van der Waals surface area (Å²) in [6.45, 7) is 6.49. The van der Waals surface area contributed by atoms with Gasteiger partial charge in [-0.3, -0.25) is 0 Å². The van der Waals surface area contributed by atoms with Gasteiger partial charge in [0.05, 0.1) is 6.61 Å². The quantitative estimate of drug-likeness (QED) is 0.634. The maximum absolute atomic E-state index is 8.95. The summed E-state index contributed by atoms with van der Waals surface area (Å²) in [4.78, 5) is 3.14. The molecule has 0 unspecified atom stereocenters. The number of H-pyrrole nitrogens is 1. The van der Waals surface area contributed by atoms with Gasteiger partial charge in [0.2, 0.25) is 0 Å². The third-order valence-electron chi connectivity index (χ3n) is 1.75.